The van der Waals surface area contributed by atoms with Crippen molar-refractivity contribution in [1.82, 2.24) is 5.32 Å². The fourth-order valence-corrected chi connectivity index (χ4v) is 3.80. The van der Waals surface area contributed by atoms with Gasteiger partial charge in [-0.05, 0) is 16.7 Å². The first-order chi connectivity index (χ1) is 15.1. The van der Waals surface area contributed by atoms with Crippen molar-refractivity contribution in [3.63, 3.8) is 0 Å². The molecule has 0 heterocycles. The van der Waals surface area contributed by atoms with E-state index in [0.717, 1.165) is 5.56 Å². The highest BCUT2D eigenvalue weighted by molar-refractivity contribution is 5.90. The Morgan fingerprint density at radius 2 is 1.39 bits per heavy atom. The highest BCUT2D eigenvalue weighted by Crippen LogP contribution is 2.44. The van der Waals surface area contributed by atoms with Crippen LogP contribution in [0.5, 0.6) is 0 Å². The Hall–Kier alpha value is -3.86. The Morgan fingerprint density at radius 1 is 0.903 bits per heavy atom. The molecule has 31 heavy (non-hydrogen) atoms. The van der Waals surface area contributed by atoms with Crippen molar-refractivity contribution in [3.05, 3.63) is 120 Å². The predicted octanol–water partition coefficient (Wildman–Crippen LogP) is 4.80. The average molecular weight is 415 g/mol. The van der Waals surface area contributed by atoms with Gasteiger partial charge < -0.3 is 14.8 Å². The van der Waals surface area contributed by atoms with E-state index >= 15 is 0 Å². The van der Waals surface area contributed by atoms with Crippen LogP contribution in [0.2, 0.25) is 0 Å². The first kappa shape index (κ1) is 21.8. The van der Waals surface area contributed by atoms with Gasteiger partial charge in [0.2, 0.25) is 0 Å². The molecular formula is C26H25NO4. The fraction of sp³-hybridized carbons (Fsp3) is 0.154. The molecule has 0 radical (unpaired) electrons. The van der Waals surface area contributed by atoms with Gasteiger partial charge in [-0.1, -0.05) is 104 Å². The Kier molecular flexibility index (Phi) is 7.22. The predicted molar refractivity (Wildman–Crippen MR) is 120 cm³/mol. The highest BCUT2D eigenvalue weighted by atomic mass is 16.5. The largest absolute Gasteiger partial charge is 0.468 e. The van der Waals surface area contributed by atoms with Crippen molar-refractivity contribution in [3.8, 4) is 0 Å². The molecule has 3 aromatic carbocycles. The van der Waals surface area contributed by atoms with Crippen LogP contribution in [0.25, 0.3) is 0 Å². The lowest BCUT2D eigenvalue weighted by molar-refractivity contribution is -0.147. The van der Waals surface area contributed by atoms with Crippen LogP contribution < -0.4 is 5.32 Å². The van der Waals surface area contributed by atoms with Crippen LogP contribution in [0.15, 0.2) is 104 Å². The molecule has 0 aliphatic carbocycles. The van der Waals surface area contributed by atoms with Gasteiger partial charge in [-0.2, -0.15) is 0 Å². The van der Waals surface area contributed by atoms with Crippen molar-refractivity contribution in [2.24, 2.45) is 0 Å². The monoisotopic (exact) mass is 415 g/mol. The maximum atomic E-state index is 13.6. The van der Waals surface area contributed by atoms with Gasteiger partial charge in [-0.3, -0.25) is 4.79 Å². The summed E-state index contributed by atoms with van der Waals surface area (Å²) >= 11 is 0. The van der Waals surface area contributed by atoms with Gasteiger partial charge in [0.15, 0.2) is 0 Å². The summed E-state index contributed by atoms with van der Waals surface area (Å²) in [6.45, 7) is 3.63. The molecule has 0 saturated heterocycles. The van der Waals surface area contributed by atoms with Gasteiger partial charge in [0.05, 0.1) is 13.2 Å². The van der Waals surface area contributed by atoms with Crippen LogP contribution in [0.3, 0.4) is 0 Å². The van der Waals surface area contributed by atoms with E-state index in [0.29, 0.717) is 11.1 Å². The van der Waals surface area contributed by atoms with Gasteiger partial charge in [-0.25, -0.2) is 4.79 Å². The van der Waals surface area contributed by atoms with E-state index in [1.165, 1.54) is 13.2 Å². The molecule has 1 unspecified atom stereocenters. The van der Waals surface area contributed by atoms with Crippen LogP contribution in [0.1, 0.15) is 22.7 Å². The summed E-state index contributed by atoms with van der Waals surface area (Å²) in [5.74, 6) is -0.497. The molecule has 0 spiro atoms. The van der Waals surface area contributed by atoms with Gasteiger partial charge in [0.25, 0.3) is 0 Å². The number of rotatable bonds is 8. The lowest BCUT2D eigenvalue weighted by Crippen LogP contribution is -2.50. The number of carbonyl (C=O) groups is 2. The van der Waals surface area contributed by atoms with E-state index < -0.39 is 23.5 Å². The van der Waals surface area contributed by atoms with Crippen LogP contribution in [-0.2, 0) is 19.7 Å². The van der Waals surface area contributed by atoms with Gasteiger partial charge >= 0.3 is 12.1 Å². The summed E-state index contributed by atoms with van der Waals surface area (Å²) in [6.07, 6.45) is 0.827. The van der Waals surface area contributed by atoms with E-state index in [-0.39, 0.29) is 6.61 Å². The number of esters is 1. The molecule has 0 bridgehead atoms. The van der Waals surface area contributed by atoms with Gasteiger partial charge in [0.1, 0.15) is 12.0 Å². The molecule has 0 aliphatic rings. The lowest BCUT2D eigenvalue weighted by Gasteiger charge is -2.39. The van der Waals surface area contributed by atoms with Crippen LogP contribution >= 0.6 is 0 Å². The summed E-state index contributed by atoms with van der Waals surface area (Å²) in [5.41, 5.74) is 0.749. The zero-order valence-corrected chi connectivity index (χ0v) is 17.4. The molecule has 0 aromatic heterocycles. The van der Waals surface area contributed by atoms with Crippen molar-refractivity contribution in [2.75, 3.05) is 13.7 Å². The minimum absolute atomic E-state index is 0.0508. The van der Waals surface area contributed by atoms with Crippen LogP contribution in [-0.4, -0.2) is 25.8 Å². The molecule has 158 valence electrons. The Labute approximate surface area is 182 Å². The summed E-state index contributed by atoms with van der Waals surface area (Å²) in [6, 6.07) is 27.1. The maximum absolute atomic E-state index is 13.6. The Bertz CT molecular complexity index is 964. The molecule has 1 amide bonds. The smallest absolute Gasteiger partial charge is 0.407 e. The number of methoxy groups -OCH3 is 1. The number of carbonyl (C=O) groups excluding carboxylic acids is 2. The van der Waals surface area contributed by atoms with E-state index in [9.17, 15) is 9.59 Å². The fourth-order valence-electron chi connectivity index (χ4n) is 3.80. The number of nitrogens with one attached hydrogen (secondary N) is 1. The molecule has 5 heteroatoms. The zero-order valence-electron chi connectivity index (χ0n) is 17.4. The lowest BCUT2D eigenvalue weighted by atomic mass is 9.67. The maximum Gasteiger partial charge on any atom is 0.407 e. The third kappa shape index (κ3) is 4.51. The number of benzene rings is 3. The van der Waals surface area contributed by atoms with E-state index in [4.69, 9.17) is 9.47 Å². The van der Waals surface area contributed by atoms with Gasteiger partial charge in [0, 0.05) is 0 Å². The molecular weight excluding hydrogens is 390 g/mol. The second kappa shape index (κ2) is 10.3. The second-order valence-corrected chi connectivity index (χ2v) is 6.91. The van der Waals surface area contributed by atoms with Crippen LogP contribution in [0.4, 0.5) is 4.79 Å². The summed E-state index contributed by atoms with van der Waals surface area (Å²) in [7, 11) is 1.35. The first-order valence-electron chi connectivity index (χ1n) is 9.93. The molecule has 1 N–H and O–H groups in total. The van der Waals surface area contributed by atoms with Crippen molar-refractivity contribution < 1.29 is 19.1 Å². The van der Waals surface area contributed by atoms with E-state index in [1.807, 2.05) is 91.0 Å². The molecule has 5 nitrogen and oxygen atoms in total. The normalized spacial score (nSPS) is 11.8. The number of hydrogen-bond donors (Lipinski definition) is 1. The molecule has 1 atom stereocenters. The number of amides is 1. The molecule has 3 rings (SSSR count). The van der Waals surface area contributed by atoms with Crippen LogP contribution in [0, 0.1) is 0 Å². The van der Waals surface area contributed by atoms with Crippen molar-refractivity contribution >= 4 is 12.1 Å². The summed E-state index contributed by atoms with van der Waals surface area (Å²) in [5, 5.41) is 2.91. The topological polar surface area (TPSA) is 64.6 Å². The molecule has 0 aliphatic heterocycles. The third-order valence-electron chi connectivity index (χ3n) is 5.13. The second-order valence-electron chi connectivity index (χ2n) is 6.91. The Morgan fingerprint density at radius 3 is 1.84 bits per heavy atom. The summed E-state index contributed by atoms with van der Waals surface area (Å²) < 4.78 is 10.5. The molecule has 0 saturated carbocycles. The molecule has 0 fully saturated rings. The van der Waals surface area contributed by atoms with E-state index in [1.54, 1.807) is 0 Å². The Balaban J connectivity index is 2.30. The minimum Gasteiger partial charge on any atom is -0.468 e. The van der Waals surface area contributed by atoms with Crippen molar-refractivity contribution in [1.29, 1.82) is 0 Å². The number of ether oxygens (including phenoxy) is 2. The van der Waals surface area contributed by atoms with Gasteiger partial charge in [-0.15, -0.1) is 0 Å². The first-order valence-corrected chi connectivity index (χ1v) is 9.93. The highest BCUT2D eigenvalue weighted by Gasteiger charge is 2.51. The standard InChI is InChI=1S/C26H25NO4/c1-3-19-31-25(29)27-23(20-13-7-4-8-14-20)26(24(28)30-2,21-15-9-5-10-16-21)22-17-11-6-12-18-22/h3-18,23H,1,19H2,2H3,(H,27,29). The minimum atomic E-state index is -1.36. The zero-order chi connectivity index (χ0) is 22.1. The number of hydrogen-bond acceptors (Lipinski definition) is 4. The van der Waals surface area contributed by atoms with Crippen molar-refractivity contribution in [2.45, 2.75) is 11.5 Å². The van der Waals surface area contributed by atoms with E-state index in [2.05, 4.69) is 11.9 Å². The number of alkyl carbamates (subject to hydrolysis) is 1. The quantitative estimate of drug-likeness (QED) is 0.424. The third-order valence-corrected chi connectivity index (χ3v) is 5.13. The molecule has 3 aromatic rings. The average Bonchev–Trinajstić information content (AvgIpc) is 2.84. The summed E-state index contributed by atoms with van der Waals surface area (Å²) in [4.78, 5) is 26.3. The SMILES string of the molecule is C=CCOC(=O)NC(c1ccccc1)C(C(=O)OC)(c1ccccc1)c1ccccc1.